The van der Waals surface area contributed by atoms with Crippen LogP contribution in [-0.4, -0.2) is 8.75 Å². The molecule has 0 fully saturated rings. The average molecular weight is 255 g/mol. The number of nitriles is 1. The number of aromatic nitrogens is 2. The van der Waals surface area contributed by atoms with Crippen LogP contribution in [0.2, 0.25) is 5.15 Å². The Hall–Kier alpha value is -1.71. The van der Waals surface area contributed by atoms with E-state index < -0.39 is 5.82 Å². The molecule has 0 aliphatic heterocycles. The van der Waals surface area contributed by atoms with Gasteiger partial charge in [0.15, 0.2) is 11.0 Å². The minimum Gasteiger partial charge on any atom is -0.334 e. The molecule has 7 heteroatoms. The molecule has 0 atom stereocenters. The molecule has 4 nitrogen and oxygen atoms in total. The molecule has 1 heterocycles. The zero-order chi connectivity index (χ0) is 11.5. The molecule has 16 heavy (non-hydrogen) atoms. The monoisotopic (exact) mass is 254 g/mol. The quantitative estimate of drug-likeness (QED) is 0.895. The molecule has 1 aromatic carbocycles. The van der Waals surface area contributed by atoms with E-state index in [-0.39, 0.29) is 16.4 Å². The van der Waals surface area contributed by atoms with Gasteiger partial charge in [0.2, 0.25) is 0 Å². The first-order valence-electron chi connectivity index (χ1n) is 4.15. The molecule has 0 aliphatic carbocycles. The number of anilines is 2. The van der Waals surface area contributed by atoms with Crippen LogP contribution in [0, 0.1) is 17.1 Å². The SMILES string of the molecule is N#Cc1ccc(Nc2nsnc2Cl)c(F)c1. The summed E-state index contributed by atoms with van der Waals surface area (Å²) in [5.74, 6) is -0.238. The van der Waals surface area contributed by atoms with Gasteiger partial charge in [0.1, 0.15) is 5.82 Å². The van der Waals surface area contributed by atoms with Gasteiger partial charge in [-0.25, -0.2) is 4.39 Å². The second-order valence-electron chi connectivity index (χ2n) is 2.84. The molecule has 0 radical (unpaired) electrons. The Morgan fingerprint density at radius 2 is 2.25 bits per heavy atom. The molecule has 80 valence electrons. The number of hydrogen-bond donors (Lipinski definition) is 1. The molecule has 2 aromatic rings. The van der Waals surface area contributed by atoms with Crippen LogP contribution in [0.15, 0.2) is 18.2 Å². The maximum Gasteiger partial charge on any atom is 0.187 e. The number of halogens is 2. The fourth-order valence-corrected chi connectivity index (χ4v) is 1.71. The summed E-state index contributed by atoms with van der Waals surface area (Å²) in [4.78, 5) is 0. The van der Waals surface area contributed by atoms with Crippen molar-refractivity contribution in [3.8, 4) is 6.07 Å². The van der Waals surface area contributed by atoms with Gasteiger partial charge in [0.25, 0.3) is 0 Å². The Bertz CT molecular complexity index is 563. The molecule has 0 spiro atoms. The van der Waals surface area contributed by atoms with Gasteiger partial charge in [-0.05, 0) is 18.2 Å². The fraction of sp³-hybridized carbons (Fsp3) is 0. The van der Waals surface area contributed by atoms with Crippen molar-refractivity contribution in [1.29, 1.82) is 5.26 Å². The zero-order valence-electron chi connectivity index (χ0n) is 7.74. The zero-order valence-corrected chi connectivity index (χ0v) is 9.31. The third kappa shape index (κ3) is 2.10. The number of rotatable bonds is 2. The van der Waals surface area contributed by atoms with Gasteiger partial charge in [-0.1, -0.05) is 11.6 Å². The molecule has 0 saturated carbocycles. The first kappa shape index (κ1) is 10.8. The summed E-state index contributed by atoms with van der Waals surface area (Å²) in [6.07, 6.45) is 0. The van der Waals surface area contributed by atoms with Gasteiger partial charge in [-0.3, -0.25) is 0 Å². The first-order valence-corrected chi connectivity index (χ1v) is 5.26. The normalized spacial score (nSPS) is 9.81. The molecular formula is C9H4ClFN4S. The fourth-order valence-electron chi connectivity index (χ4n) is 1.07. The highest BCUT2D eigenvalue weighted by Gasteiger charge is 2.09. The highest BCUT2D eigenvalue weighted by atomic mass is 35.5. The van der Waals surface area contributed by atoms with Gasteiger partial charge in [0.05, 0.1) is 29.0 Å². The van der Waals surface area contributed by atoms with E-state index in [0.717, 1.165) is 17.8 Å². The van der Waals surface area contributed by atoms with Crippen molar-refractivity contribution in [3.05, 3.63) is 34.7 Å². The maximum atomic E-state index is 13.5. The van der Waals surface area contributed by atoms with Crippen molar-refractivity contribution in [3.63, 3.8) is 0 Å². The second kappa shape index (κ2) is 4.43. The smallest absolute Gasteiger partial charge is 0.187 e. The van der Waals surface area contributed by atoms with E-state index in [9.17, 15) is 4.39 Å². The molecule has 2 rings (SSSR count). The Morgan fingerprint density at radius 3 is 2.81 bits per heavy atom. The van der Waals surface area contributed by atoms with Crippen molar-refractivity contribution in [2.24, 2.45) is 0 Å². The molecule has 0 aliphatic rings. The van der Waals surface area contributed by atoms with E-state index in [1.54, 1.807) is 0 Å². The van der Waals surface area contributed by atoms with Crippen LogP contribution in [0.25, 0.3) is 0 Å². The van der Waals surface area contributed by atoms with Gasteiger partial charge < -0.3 is 5.32 Å². The lowest BCUT2D eigenvalue weighted by Crippen LogP contribution is -1.95. The minimum absolute atomic E-state index is 0.189. The Morgan fingerprint density at radius 1 is 1.44 bits per heavy atom. The summed E-state index contributed by atoms with van der Waals surface area (Å²) >= 11 is 6.63. The van der Waals surface area contributed by atoms with Crippen LogP contribution in [0.1, 0.15) is 5.56 Å². The Balaban J connectivity index is 2.30. The summed E-state index contributed by atoms with van der Waals surface area (Å²) < 4.78 is 21.0. The van der Waals surface area contributed by atoms with Crippen molar-refractivity contribution < 1.29 is 4.39 Å². The molecular weight excluding hydrogens is 251 g/mol. The largest absolute Gasteiger partial charge is 0.334 e. The highest BCUT2D eigenvalue weighted by Crippen LogP contribution is 2.24. The summed E-state index contributed by atoms with van der Waals surface area (Å²) in [5, 5.41) is 11.5. The van der Waals surface area contributed by atoms with Gasteiger partial charge in [0, 0.05) is 0 Å². The van der Waals surface area contributed by atoms with Crippen LogP contribution in [-0.2, 0) is 0 Å². The first-order chi connectivity index (χ1) is 7.70. The highest BCUT2D eigenvalue weighted by molar-refractivity contribution is 6.99. The van der Waals surface area contributed by atoms with Crippen molar-refractivity contribution in [2.75, 3.05) is 5.32 Å². The molecule has 0 bridgehead atoms. The lowest BCUT2D eigenvalue weighted by molar-refractivity contribution is 0.631. The van der Waals surface area contributed by atoms with Crippen LogP contribution in [0.4, 0.5) is 15.9 Å². The summed E-state index contributed by atoms with van der Waals surface area (Å²) in [6.45, 7) is 0. The molecule has 1 aromatic heterocycles. The van der Waals surface area contributed by atoms with Gasteiger partial charge in [-0.15, -0.1) is 0 Å². The van der Waals surface area contributed by atoms with Crippen LogP contribution >= 0.6 is 23.3 Å². The summed E-state index contributed by atoms with van der Waals surface area (Å²) in [6, 6.07) is 5.93. The van der Waals surface area contributed by atoms with E-state index in [1.807, 2.05) is 6.07 Å². The van der Waals surface area contributed by atoms with Crippen LogP contribution < -0.4 is 5.32 Å². The standard InChI is InChI=1S/C9H4ClFN4S/c10-8-9(15-16-14-8)13-7-2-1-5(4-12)3-6(7)11/h1-3H,(H,13,15). The maximum absolute atomic E-state index is 13.5. The molecule has 0 saturated heterocycles. The number of benzene rings is 1. The molecule has 0 amide bonds. The van der Waals surface area contributed by atoms with Crippen LogP contribution in [0.5, 0.6) is 0 Å². The van der Waals surface area contributed by atoms with E-state index in [0.29, 0.717) is 5.82 Å². The second-order valence-corrected chi connectivity index (χ2v) is 3.72. The van der Waals surface area contributed by atoms with E-state index in [1.165, 1.54) is 12.1 Å². The predicted molar refractivity (Wildman–Crippen MR) is 59.3 cm³/mol. The summed E-state index contributed by atoms with van der Waals surface area (Å²) in [7, 11) is 0. The molecule has 0 unspecified atom stereocenters. The van der Waals surface area contributed by atoms with E-state index in [4.69, 9.17) is 16.9 Å². The summed E-state index contributed by atoms with van der Waals surface area (Å²) in [5.41, 5.74) is 0.458. The minimum atomic E-state index is -0.539. The van der Waals surface area contributed by atoms with Crippen molar-refractivity contribution in [1.82, 2.24) is 8.75 Å². The van der Waals surface area contributed by atoms with Gasteiger partial charge in [-0.2, -0.15) is 14.0 Å². The Labute approximate surface area is 99.6 Å². The number of hydrogen-bond acceptors (Lipinski definition) is 5. The van der Waals surface area contributed by atoms with Crippen LogP contribution in [0.3, 0.4) is 0 Å². The van der Waals surface area contributed by atoms with Gasteiger partial charge >= 0.3 is 0 Å². The van der Waals surface area contributed by atoms with Crippen molar-refractivity contribution in [2.45, 2.75) is 0 Å². The van der Waals surface area contributed by atoms with Crippen molar-refractivity contribution >= 4 is 34.8 Å². The third-order valence-corrected chi connectivity index (χ3v) is 2.69. The molecule has 1 N–H and O–H groups in total. The predicted octanol–water partition coefficient (Wildman–Crippen LogP) is 2.95. The van der Waals surface area contributed by atoms with E-state index >= 15 is 0 Å². The number of nitrogens with one attached hydrogen (secondary N) is 1. The number of nitrogens with zero attached hydrogens (tertiary/aromatic N) is 3. The lowest BCUT2D eigenvalue weighted by atomic mass is 10.2. The Kier molecular flexibility index (Phi) is 2.99. The van der Waals surface area contributed by atoms with E-state index in [2.05, 4.69) is 14.1 Å². The third-order valence-electron chi connectivity index (χ3n) is 1.80. The average Bonchev–Trinajstić information content (AvgIpc) is 2.67. The lowest BCUT2D eigenvalue weighted by Gasteiger charge is -2.04. The topological polar surface area (TPSA) is 61.6 Å².